The van der Waals surface area contributed by atoms with Crippen molar-refractivity contribution in [1.82, 2.24) is 4.98 Å². The van der Waals surface area contributed by atoms with E-state index in [0.29, 0.717) is 10.8 Å². The van der Waals surface area contributed by atoms with Gasteiger partial charge in [0, 0.05) is 6.20 Å². The van der Waals surface area contributed by atoms with Gasteiger partial charge >= 0.3 is 0 Å². The highest BCUT2D eigenvalue weighted by atomic mass is 35.5. The Balaban J connectivity index is 2.21. The van der Waals surface area contributed by atoms with Crippen molar-refractivity contribution in [2.24, 2.45) is 16.5 Å². The van der Waals surface area contributed by atoms with Crippen molar-refractivity contribution >= 4 is 35.5 Å². The lowest BCUT2D eigenvalue weighted by Gasteiger charge is -1.99. The fourth-order valence-corrected chi connectivity index (χ4v) is 1.71. The van der Waals surface area contributed by atoms with E-state index in [9.17, 15) is 0 Å². The molecule has 2 aromatic rings. The molecule has 5 heteroatoms. The van der Waals surface area contributed by atoms with Gasteiger partial charge in [-0.3, -0.25) is 0 Å². The van der Waals surface area contributed by atoms with E-state index in [-0.39, 0.29) is 5.96 Å². The van der Waals surface area contributed by atoms with Crippen LogP contribution in [-0.4, -0.2) is 10.9 Å². The van der Waals surface area contributed by atoms with Crippen LogP contribution in [0.25, 0.3) is 12.2 Å². The Labute approximate surface area is 116 Å². The summed E-state index contributed by atoms with van der Waals surface area (Å²) in [5.74, 6) is 0.250. The Hall–Kier alpha value is -2.33. The minimum Gasteiger partial charge on any atom is -0.370 e. The second kappa shape index (κ2) is 6.02. The van der Waals surface area contributed by atoms with Crippen molar-refractivity contribution in [1.29, 1.82) is 0 Å². The van der Waals surface area contributed by atoms with Gasteiger partial charge in [-0.1, -0.05) is 54.1 Å². The van der Waals surface area contributed by atoms with Gasteiger partial charge in [-0.25, -0.2) is 4.98 Å². The SMILES string of the molecule is NC(N)=Nc1ncc(/C=C/c2ccccc2)cc1Cl. The van der Waals surface area contributed by atoms with Crippen LogP contribution in [0.3, 0.4) is 0 Å². The molecule has 1 heterocycles. The Morgan fingerprint density at radius 2 is 1.79 bits per heavy atom. The predicted octanol–water partition coefficient (Wildman–Crippen LogP) is 2.81. The van der Waals surface area contributed by atoms with Crippen LogP contribution in [0.15, 0.2) is 47.6 Å². The second-order valence-corrected chi connectivity index (χ2v) is 4.26. The van der Waals surface area contributed by atoms with Crippen molar-refractivity contribution < 1.29 is 0 Å². The highest BCUT2D eigenvalue weighted by molar-refractivity contribution is 6.32. The second-order valence-electron chi connectivity index (χ2n) is 3.85. The highest BCUT2D eigenvalue weighted by Gasteiger charge is 2.01. The van der Waals surface area contributed by atoms with Crippen molar-refractivity contribution in [2.45, 2.75) is 0 Å². The monoisotopic (exact) mass is 272 g/mol. The molecule has 0 atom stereocenters. The van der Waals surface area contributed by atoms with Crippen molar-refractivity contribution in [3.8, 4) is 0 Å². The molecule has 19 heavy (non-hydrogen) atoms. The molecule has 0 aliphatic heterocycles. The molecule has 0 unspecified atom stereocenters. The predicted molar refractivity (Wildman–Crippen MR) is 80.1 cm³/mol. The molecular weight excluding hydrogens is 260 g/mol. The van der Waals surface area contributed by atoms with Gasteiger partial charge in [0.2, 0.25) is 0 Å². The number of hydrogen-bond donors (Lipinski definition) is 2. The van der Waals surface area contributed by atoms with E-state index in [1.807, 2.05) is 42.5 Å². The first-order valence-corrected chi connectivity index (χ1v) is 6.01. The quantitative estimate of drug-likeness (QED) is 0.666. The first-order chi connectivity index (χ1) is 9.15. The Morgan fingerprint density at radius 1 is 1.11 bits per heavy atom. The summed E-state index contributed by atoms with van der Waals surface area (Å²) in [5, 5.41) is 0.406. The number of guanidine groups is 1. The molecule has 0 aliphatic carbocycles. The van der Waals surface area contributed by atoms with Gasteiger partial charge in [0.25, 0.3) is 0 Å². The number of halogens is 1. The molecule has 0 bridgehead atoms. The number of nitrogens with two attached hydrogens (primary N) is 2. The van der Waals surface area contributed by atoms with Crippen molar-refractivity contribution in [3.63, 3.8) is 0 Å². The number of pyridine rings is 1. The molecule has 0 fully saturated rings. The Bertz CT molecular complexity index is 617. The van der Waals surface area contributed by atoms with Crippen LogP contribution in [0.4, 0.5) is 5.82 Å². The van der Waals surface area contributed by atoms with Gasteiger partial charge in [0.15, 0.2) is 11.8 Å². The first kappa shape index (κ1) is 13.1. The molecular formula is C14H13ClN4. The fourth-order valence-electron chi connectivity index (χ4n) is 1.50. The number of benzene rings is 1. The topological polar surface area (TPSA) is 77.3 Å². The summed E-state index contributed by atoms with van der Waals surface area (Å²) < 4.78 is 0. The van der Waals surface area contributed by atoms with Crippen LogP contribution in [0.5, 0.6) is 0 Å². The van der Waals surface area contributed by atoms with E-state index in [1.54, 1.807) is 12.3 Å². The zero-order chi connectivity index (χ0) is 13.7. The number of rotatable bonds is 3. The largest absolute Gasteiger partial charge is 0.370 e. The van der Waals surface area contributed by atoms with E-state index in [0.717, 1.165) is 11.1 Å². The van der Waals surface area contributed by atoms with E-state index in [4.69, 9.17) is 23.1 Å². The molecule has 0 saturated heterocycles. The Kier molecular flexibility index (Phi) is 4.15. The number of aliphatic imine (C=N–C) groups is 1. The number of hydrogen-bond acceptors (Lipinski definition) is 2. The van der Waals surface area contributed by atoms with Crippen molar-refractivity contribution in [2.75, 3.05) is 0 Å². The van der Waals surface area contributed by atoms with Crippen LogP contribution >= 0.6 is 11.6 Å². The fraction of sp³-hybridized carbons (Fsp3) is 0. The zero-order valence-electron chi connectivity index (χ0n) is 10.1. The summed E-state index contributed by atoms with van der Waals surface area (Å²) in [5.41, 5.74) is 12.5. The van der Waals surface area contributed by atoms with Gasteiger partial charge in [-0.05, 0) is 17.2 Å². The van der Waals surface area contributed by atoms with Crippen LogP contribution < -0.4 is 11.5 Å². The number of aromatic nitrogens is 1. The third-order valence-electron chi connectivity index (χ3n) is 2.35. The summed E-state index contributed by atoms with van der Waals surface area (Å²) >= 11 is 6.04. The van der Waals surface area contributed by atoms with Gasteiger partial charge < -0.3 is 11.5 Å². The van der Waals surface area contributed by atoms with E-state index in [2.05, 4.69) is 9.98 Å². The molecule has 1 aromatic heterocycles. The first-order valence-electron chi connectivity index (χ1n) is 5.63. The smallest absolute Gasteiger partial charge is 0.192 e. The highest BCUT2D eigenvalue weighted by Crippen LogP contribution is 2.23. The molecule has 4 N–H and O–H groups in total. The minimum absolute atomic E-state index is 0.0676. The van der Waals surface area contributed by atoms with Crippen molar-refractivity contribution in [3.05, 3.63) is 58.7 Å². The van der Waals surface area contributed by atoms with E-state index >= 15 is 0 Å². The van der Waals surface area contributed by atoms with Crippen LogP contribution in [0.2, 0.25) is 5.02 Å². The lowest BCUT2D eigenvalue weighted by atomic mass is 10.2. The molecule has 0 aliphatic rings. The van der Waals surface area contributed by atoms with Gasteiger partial charge in [-0.2, -0.15) is 4.99 Å². The molecule has 4 nitrogen and oxygen atoms in total. The molecule has 0 saturated carbocycles. The lowest BCUT2D eigenvalue weighted by molar-refractivity contribution is 1.25. The maximum atomic E-state index is 6.04. The summed E-state index contributed by atoms with van der Waals surface area (Å²) in [7, 11) is 0. The van der Waals surface area contributed by atoms with Gasteiger partial charge in [0.05, 0.1) is 5.02 Å². The Morgan fingerprint density at radius 3 is 2.42 bits per heavy atom. The van der Waals surface area contributed by atoms with Crippen LogP contribution in [0.1, 0.15) is 11.1 Å². The third-order valence-corrected chi connectivity index (χ3v) is 2.62. The molecule has 0 radical (unpaired) electrons. The summed E-state index contributed by atoms with van der Waals surface area (Å²) in [4.78, 5) is 7.92. The maximum absolute atomic E-state index is 6.04. The van der Waals surface area contributed by atoms with Gasteiger partial charge in [-0.15, -0.1) is 0 Å². The molecule has 2 rings (SSSR count). The van der Waals surface area contributed by atoms with Crippen LogP contribution in [-0.2, 0) is 0 Å². The zero-order valence-corrected chi connectivity index (χ0v) is 10.9. The molecule has 1 aromatic carbocycles. The third kappa shape index (κ3) is 3.82. The summed E-state index contributed by atoms with van der Waals surface area (Å²) in [6.07, 6.45) is 5.56. The van der Waals surface area contributed by atoms with E-state index < -0.39 is 0 Å². The minimum atomic E-state index is -0.0676. The molecule has 0 amide bonds. The maximum Gasteiger partial charge on any atom is 0.192 e. The average molecular weight is 273 g/mol. The average Bonchev–Trinajstić information content (AvgIpc) is 2.40. The molecule has 96 valence electrons. The van der Waals surface area contributed by atoms with Gasteiger partial charge in [0.1, 0.15) is 0 Å². The van der Waals surface area contributed by atoms with Crippen LogP contribution in [0, 0.1) is 0 Å². The number of nitrogens with zero attached hydrogens (tertiary/aromatic N) is 2. The lowest BCUT2D eigenvalue weighted by Crippen LogP contribution is -2.22. The van der Waals surface area contributed by atoms with E-state index in [1.165, 1.54) is 0 Å². The molecule has 0 spiro atoms. The summed E-state index contributed by atoms with van der Waals surface area (Å²) in [6, 6.07) is 11.7. The summed E-state index contributed by atoms with van der Waals surface area (Å²) in [6.45, 7) is 0. The normalized spacial score (nSPS) is 10.6. The standard InChI is InChI=1S/C14H13ClN4/c15-12-8-11(9-18-13(12)19-14(16)17)7-6-10-4-2-1-3-5-10/h1-9H,(H4,16,17,18,19)/b7-6+.